The monoisotopic (exact) mass is 512 g/mol. The van der Waals surface area contributed by atoms with Crippen LogP contribution in [0.2, 0.25) is 0 Å². The molecular weight excluding hydrogens is 468 g/mol. The topological polar surface area (TPSA) is 71.1 Å². The lowest BCUT2D eigenvalue weighted by Crippen LogP contribution is -2.22. The Balaban J connectivity index is 1.66. The molecule has 0 amide bonds. The predicted molar refractivity (Wildman–Crippen MR) is 147 cm³/mol. The molecule has 2 rings (SSSR count). The van der Waals surface area contributed by atoms with E-state index in [9.17, 15) is 9.59 Å². The lowest BCUT2D eigenvalue weighted by Gasteiger charge is -2.14. The third kappa shape index (κ3) is 12.7. The van der Waals surface area contributed by atoms with Gasteiger partial charge in [-0.3, -0.25) is 0 Å². The number of carbonyl (C=O) groups excluding carboxylic acids is 2. The minimum absolute atomic E-state index is 0.0280. The van der Waals surface area contributed by atoms with Crippen molar-refractivity contribution in [2.75, 3.05) is 19.8 Å². The zero-order chi connectivity index (χ0) is 26.7. The smallest absolute Gasteiger partial charge is 0.338 e. The average Bonchev–Trinajstić information content (AvgIpc) is 2.92. The molecule has 0 aliphatic rings. The van der Waals surface area contributed by atoms with Crippen LogP contribution in [0.4, 0.5) is 0 Å². The van der Waals surface area contributed by atoms with Gasteiger partial charge in [0.25, 0.3) is 0 Å². The second-order valence-corrected chi connectivity index (χ2v) is 9.39. The van der Waals surface area contributed by atoms with Gasteiger partial charge in [-0.2, -0.15) is 0 Å². The Labute approximate surface area is 222 Å². The van der Waals surface area contributed by atoms with Gasteiger partial charge in [0.05, 0.1) is 24.3 Å². The molecule has 0 radical (unpaired) electrons. The van der Waals surface area contributed by atoms with Crippen LogP contribution in [0, 0.1) is 0 Å². The van der Waals surface area contributed by atoms with Gasteiger partial charge in [0.2, 0.25) is 0 Å². The zero-order valence-electron chi connectivity index (χ0n) is 22.8. The summed E-state index contributed by atoms with van der Waals surface area (Å²) in [5.74, 6) is 0.534. The molecule has 0 aliphatic heterocycles. The first-order chi connectivity index (χ1) is 18.0. The molecule has 6 heteroatoms. The Hall–Kier alpha value is -3.02. The van der Waals surface area contributed by atoms with Gasteiger partial charge in [-0.25, -0.2) is 9.59 Å². The summed E-state index contributed by atoms with van der Waals surface area (Å²) in [5.41, 5.74) is 0.851. The molecule has 6 nitrogen and oxygen atoms in total. The first-order valence-corrected chi connectivity index (χ1v) is 13.9. The SMILES string of the molecule is CCCCCCCOc1ccc(C(=O)OCC(C)OC(=O)c2ccc(OCCCCCCC)cc2)cc1. The van der Waals surface area contributed by atoms with Crippen molar-refractivity contribution < 1.29 is 28.5 Å². The van der Waals surface area contributed by atoms with Crippen LogP contribution in [0.5, 0.6) is 11.5 Å². The third-order valence-corrected chi connectivity index (χ3v) is 5.97. The van der Waals surface area contributed by atoms with E-state index in [4.69, 9.17) is 18.9 Å². The highest BCUT2D eigenvalue weighted by Gasteiger charge is 2.15. The van der Waals surface area contributed by atoms with Crippen LogP contribution in [-0.2, 0) is 9.47 Å². The van der Waals surface area contributed by atoms with Gasteiger partial charge in [-0.05, 0) is 68.3 Å². The van der Waals surface area contributed by atoms with E-state index >= 15 is 0 Å². The van der Waals surface area contributed by atoms with Gasteiger partial charge < -0.3 is 18.9 Å². The number of benzene rings is 2. The maximum absolute atomic E-state index is 12.4. The highest BCUT2D eigenvalue weighted by molar-refractivity contribution is 5.90. The molecule has 0 heterocycles. The molecule has 2 aromatic rings. The molecule has 0 saturated carbocycles. The van der Waals surface area contributed by atoms with Crippen molar-refractivity contribution in [1.82, 2.24) is 0 Å². The molecule has 1 atom stereocenters. The van der Waals surface area contributed by atoms with Crippen molar-refractivity contribution in [2.45, 2.75) is 91.1 Å². The first kappa shape index (κ1) is 30.2. The molecule has 0 bridgehead atoms. The van der Waals surface area contributed by atoms with E-state index < -0.39 is 18.0 Å². The van der Waals surface area contributed by atoms with Gasteiger partial charge >= 0.3 is 11.9 Å². The summed E-state index contributed by atoms with van der Waals surface area (Å²) < 4.78 is 22.2. The largest absolute Gasteiger partial charge is 0.494 e. The van der Waals surface area contributed by atoms with E-state index in [0.29, 0.717) is 24.3 Å². The molecule has 0 aliphatic carbocycles. The number of hydrogen-bond donors (Lipinski definition) is 0. The number of unbranched alkanes of at least 4 members (excludes halogenated alkanes) is 8. The van der Waals surface area contributed by atoms with Crippen molar-refractivity contribution in [2.24, 2.45) is 0 Å². The van der Waals surface area contributed by atoms with Crippen molar-refractivity contribution in [3.8, 4) is 11.5 Å². The first-order valence-electron chi connectivity index (χ1n) is 13.9. The Morgan fingerprint density at radius 3 is 1.51 bits per heavy atom. The maximum Gasteiger partial charge on any atom is 0.338 e. The minimum Gasteiger partial charge on any atom is -0.494 e. The van der Waals surface area contributed by atoms with Crippen LogP contribution >= 0.6 is 0 Å². The van der Waals surface area contributed by atoms with Crippen molar-refractivity contribution in [3.05, 3.63) is 59.7 Å². The molecule has 0 saturated heterocycles. The van der Waals surface area contributed by atoms with Crippen molar-refractivity contribution in [1.29, 1.82) is 0 Å². The Morgan fingerprint density at radius 2 is 1.05 bits per heavy atom. The van der Waals surface area contributed by atoms with Crippen LogP contribution in [-0.4, -0.2) is 37.9 Å². The third-order valence-electron chi connectivity index (χ3n) is 5.97. The standard InChI is InChI=1S/C31H44O6/c1-4-6-8-10-12-22-34-28-18-14-26(15-19-28)30(32)36-24-25(3)37-31(33)27-16-20-29(21-17-27)35-23-13-11-9-7-5-2/h14-21,25H,4-13,22-24H2,1-3H3. The van der Waals surface area contributed by atoms with Crippen LogP contribution in [0.3, 0.4) is 0 Å². The molecule has 204 valence electrons. The van der Waals surface area contributed by atoms with E-state index in [2.05, 4.69) is 13.8 Å². The van der Waals surface area contributed by atoms with Gasteiger partial charge in [0, 0.05) is 0 Å². The second kappa shape index (κ2) is 18.3. The number of hydrogen-bond acceptors (Lipinski definition) is 6. The number of carbonyl (C=O) groups is 2. The second-order valence-electron chi connectivity index (χ2n) is 9.39. The normalized spacial score (nSPS) is 11.5. The summed E-state index contributed by atoms with van der Waals surface area (Å²) in [5, 5.41) is 0. The lowest BCUT2D eigenvalue weighted by molar-refractivity contribution is 0.00447. The predicted octanol–water partition coefficient (Wildman–Crippen LogP) is 7.79. The summed E-state index contributed by atoms with van der Waals surface area (Å²) in [6, 6.07) is 13.8. The number of ether oxygens (including phenoxy) is 4. The zero-order valence-corrected chi connectivity index (χ0v) is 22.8. The van der Waals surface area contributed by atoms with E-state index in [1.165, 1.54) is 51.4 Å². The fourth-order valence-electron chi connectivity index (χ4n) is 3.73. The van der Waals surface area contributed by atoms with E-state index in [-0.39, 0.29) is 6.61 Å². The molecule has 0 fully saturated rings. The number of esters is 2. The highest BCUT2D eigenvalue weighted by atomic mass is 16.6. The minimum atomic E-state index is -0.578. The summed E-state index contributed by atoms with van der Waals surface area (Å²) in [7, 11) is 0. The van der Waals surface area contributed by atoms with Crippen molar-refractivity contribution in [3.63, 3.8) is 0 Å². The molecule has 2 aromatic carbocycles. The van der Waals surface area contributed by atoms with Crippen LogP contribution in [0.1, 0.15) is 106 Å². The van der Waals surface area contributed by atoms with Crippen molar-refractivity contribution >= 4 is 11.9 Å². The fraction of sp³-hybridized carbons (Fsp3) is 0.548. The average molecular weight is 513 g/mol. The summed E-state index contributed by atoms with van der Waals surface area (Å²) in [4.78, 5) is 24.8. The van der Waals surface area contributed by atoms with E-state index in [0.717, 1.165) is 24.3 Å². The molecular formula is C31H44O6. The van der Waals surface area contributed by atoms with E-state index in [1.807, 2.05) is 0 Å². The van der Waals surface area contributed by atoms with Crippen LogP contribution in [0.15, 0.2) is 48.5 Å². The lowest BCUT2D eigenvalue weighted by atomic mass is 10.2. The summed E-state index contributed by atoms with van der Waals surface area (Å²) in [6.45, 7) is 7.40. The van der Waals surface area contributed by atoms with Crippen LogP contribution < -0.4 is 9.47 Å². The Morgan fingerprint density at radius 1 is 0.622 bits per heavy atom. The van der Waals surface area contributed by atoms with E-state index in [1.54, 1.807) is 55.5 Å². The molecule has 0 spiro atoms. The maximum atomic E-state index is 12.4. The summed E-state index contributed by atoms with van der Waals surface area (Å²) >= 11 is 0. The van der Waals surface area contributed by atoms with Gasteiger partial charge in [0.15, 0.2) is 0 Å². The van der Waals surface area contributed by atoms with Gasteiger partial charge in [0.1, 0.15) is 24.2 Å². The van der Waals surface area contributed by atoms with Gasteiger partial charge in [-0.1, -0.05) is 65.2 Å². The summed E-state index contributed by atoms with van der Waals surface area (Å²) in [6.07, 6.45) is 11.2. The fourth-order valence-corrected chi connectivity index (χ4v) is 3.73. The highest BCUT2D eigenvalue weighted by Crippen LogP contribution is 2.16. The Kier molecular flexibility index (Phi) is 14.9. The molecule has 0 aromatic heterocycles. The van der Waals surface area contributed by atoms with Gasteiger partial charge in [-0.15, -0.1) is 0 Å². The number of rotatable bonds is 19. The molecule has 1 unspecified atom stereocenters. The van der Waals surface area contributed by atoms with Crippen LogP contribution in [0.25, 0.3) is 0 Å². The quantitative estimate of drug-likeness (QED) is 0.141. The Bertz CT molecular complexity index is 891. The molecule has 37 heavy (non-hydrogen) atoms. The molecule has 0 N–H and O–H groups in total.